The number of nitrogens with zero attached hydrogens (tertiary/aromatic N) is 4. The summed E-state index contributed by atoms with van der Waals surface area (Å²) < 4.78 is 2.03. The van der Waals surface area contributed by atoms with Gasteiger partial charge in [0, 0.05) is 36.9 Å². The number of thiocarbonyl (C=S) groups is 1. The molecule has 3 heterocycles. The molecular formula is C23H25N5O2S. The maximum atomic E-state index is 11.5. The van der Waals surface area contributed by atoms with E-state index in [1.54, 1.807) is 24.4 Å². The Balaban J connectivity index is 1.79. The first kappa shape index (κ1) is 21.0. The van der Waals surface area contributed by atoms with Crippen molar-refractivity contribution in [3.05, 3.63) is 83.9 Å². The van der Waals surface area contributed by atoms with Crippen molar-refractivity contribution in [3.8, 4) is 5.69 Å². The second-order valence-electron chi connectivity index (χ2n) is 7.78. The van der Waals surface area contributed by atoms with Crippen LogP contribution in [0.2, 0.25) is 0 Å². The van der Waals surface area contributed by atoms with E-state index in [1.165, 1.54) is 0 Å². The minimum absolute atomic E-state index is 0.0918. The fraction of sp³-hybridized carbons (Fsp3) is 0.261. The smallest absolute Gasteiger partial charge is 0.335 e. The molecule has 31 heavy (non-hydrogen) atoms. The third-order valence-corrected chi connectivity index (χ3v) is 5.79. The van der Waals surface area contributed by atoms with Crippen molar-refractivity contribution < 1.29 is 9.90 Å². The maximum absolute atomic E-state index is 11.5. The first-order valence-electron chi connectivity index (χ1n) is 10.1. The van der Waals surface area contributed by atoms with Gasteiger partial charge in [0.1, 0.15) is 0 Å². The molecule has 4 rings (SSSR count). The molecule has 0 bridgehead atoms. The fourth-order valence-electron chi connectivity index (χ4n) is 3.93. The first-order chi connectivity index (χ1) is 15.0. The lowest BCUT2D eigenvalue weighted by atomic mass is 10.0. The third-order valence-electron chi connectivity index (χ3n) is 5.44. The lowest BCUT2D eigenvalue weighted by molar-refractivity contribution is 0.0697. The summed E-state index contributed by atoms with van der Waals surface area (Å²) in [4.78, 5) is 20.4. The minimum atomic E-state index is -0.946. The highest BCUT2D eigenvalue weighted by Gasteiger charge is 2.41. The molecule has 1 aliphatic heterocycles. The Labute approximate surface area is 186 Å². The summed E-state index contributed by atoms with van der Waals surface area (Å²) in [5, 5.41) is 13.6. The Kier molecular flexibility index (Phi) is 6.01. The van der Waals surface area contributed by atoms with Crippen LogP contribution in [0, 0.1) is 0 Å². The van der Waals surface area contributed by atoms with Gasteiger partial charge in [0.15, 0.2) is 5.11 Å². The second-order valence-corrected chi connectivity index (χ2v) is 8.17. The van der Waals surface area contributed by atoms with Crippen LogP contribution in [-0.4, -0.2) is 62.7 Å². The zero-order valence-corrected chi connectivity index (χ0v) is 18.3. The van der Waals surface area contributed by atoms with Crippen LogP contribution in [0.3, 0.4) is 0 Å². The largest absolute Gasteiger partial charge is 0.478 e. The van der Waals surface area contributed by atoms with E-state index in [9.17, 15) is 9.90 Å². The molecular weight excluding hydrogens is 410 g/mol. The van der Waals surface area contributed by atoms with Crippen molar-refractivity contribution in [2.75, 3.05) is 27.2 Å². The van der Waals surface area contributed by atoms with Gasteiger partial charge in [-0.1, -0.05) is 12.1 Å². The van der Waals surface area contributed by atoms with Gasteiger partial charge in [0.2, 0.25) is 0 Å². The molecule has 3 aromatic rings. The number of nitrogens with one attached hydrogen (secondary N) is 1. The molecule has 0 spiro atoms. The van der Waals surface area contributed by atoms with Crippen molar-refractivity contribution in [1.29, 1.82) is 0 Å². The summed E-state index contributed by atoms with van der Waals surface area (Å²) >= 11 is 5.72. The van der Waals surface area contributed by atoms with Gasteiger partial charge in [-0.25, -0.2) is 4.79 Å². The molecule has 0 saturated carbocycles. The molecule has 0 aliphatic carbocycles. The molecule has 2 atom stereocenters. The van der Waals surface area contributed by atoms with Crippen LogP contribution < -0.4 is 5.32 Å². The SMILES string of the molecule is CN(C)CCN1C(=S)N[C@H](c2ccccn2)[C@H]1c1cccn1-c1cccc(C(=O)O)c1. The topological polar surface area (TPSA) is 73.6 Å². The standard InChI is InChI=1S/C23H25N5O2S/c1-26(2)13-14-28-21(20(25-23(28)31)18-9-3-4-11-24-18)19-10-6-12-27(19)17-8-5-7-16(15-17)22(29)30/h3-12,15,20-21H,13-14H2,1-2H3,(H,25,31)(H,29,30)/t20-,21-/m1/s1. The molecule has 1 aromatic carbocycles. The first-order valence-corrected chi connectivity index (χ1v) is 10.5. The van der Waals surface area contributed by atoms with E-state index >= 15 is 0 Å². The molecule has 0 radical (unpaired) electrons. The van der Waals surface area contributed by atoms with E-state index in [2.05, 4.69) is 26.2 Å². The van der Waals surface area contributed by atoms with Crippen LogP contribution >= 0.6 is 12.2 Å². The van der Waals surface area contributed by atoms with Crippen LogP contribution in [-0.2, 0) is 0 Å². The summed E-state index contributed by atoms with van der Waals surface area (Å²) in [6.07, 6.45) is 3.74. The lowest BCUT2D eigenvalue weighted by Gasteiger charge is -2.29. The van der Waals surface area contributed by atoms with Crippen molar-refractivity contribution >= 4 is 23.3 Å². The summed E-state index contributed by atoms with van der Waals surface area (Å²) in [5.41, 5.74) is 2.98. The molecule has 1 fully saturated rings. The average molecular weight is 436 g/mol. The molecule has 0 unspecified atom stereocenters. The van der Waals surface area contributed by atoms with Crippen LogP contribution in [0.4, 0.5) is 0 Å². The molecule has 1 aliphatic rings. The Hall–Kier alpha value is -3.23. The molecule has 1 saturated heterocycles. The zero-order valence-electron chi connectivity index (χ0n) is 17.5. The van der Waals surface area contributed by atoms with E-state index in [0.29, 0.717) is 5.11 Å². The minimum Gasteiger partial charge on any atom is -0.478 e. The second kappa shape index (κ2) is 8.87. The highest BCUT2D eigenvalue weighted by Crippen LogP contribution is 2.39. The zero-order chi connectivity index (χ0) is 22.0. The Morgan fingerprint density at radius 2 is 2.03 bits per heavy atom. The van der Waals surface area contributed by atoms with Gasteiger partial charge in [-0.2, -0.15) is 0 Å². The number of carbonyl (C=O) groups is 1. The number of aromatic carboxylic acids is 1. The lowest BCUT2D eigenvalue weighted by Crippen LogP contribution is -2.36. The Bertz CT molecular complexity index is 1080. The van der Waals surface area contributed by atoms with Crippen molar-refractivity contribution in [2.24, 2.45) is 0 Å². The molecule has 160 valence electrons. The highest BCUT2D eigenvalue weighted by molar-refractivity contribution is 7.80. The summed E-state index contributed by atoms with van der Waals surface area (Å²) in [5.74, 6) is -0.946. The number of hydrogen-bond donors (Lipinski definition) is 2. The number of carboxylic acids is 1. The summed E-state index contributed by atoms with van der Waals surface area (Å²) in [7, 11) is 4.08. The van der Waals surface area contributed by atoms with Crippen molar-refractivity contribution in [3.63, 3.8) is 0 Å². The predicted molar refractivity (Wildman–Crippen MR) is 123 cm³/mol. The fourth-order valence-corrected chi connectivity index (χ4v) is 4.27. The van der Waals surface area contributed by atoms with Gasteiger partial charge in [-0.3, -0.25) is 4.98 Å². The quantitative estimate of drug-likeness (QED) is 0.553. The van der Waals surface area contributed by atoms with Gasteiger partial charge in [-0.05, 0) is 68.8 Å². The van der Waals surface area contributed by atoms with E-state index in [1.807, 2.05) is 55.2 Å². The van der Waals surface area contributed by atoms with E-state index in [0.717, 1.165) is 30.2 Å². The van der Waals surface area contributed by atoms with Gasteiger partial charge < -0.3 is 24.8 Å². The van der Waals surface area contributed by atoms with Gasteiger partial charge in [-0.15, -0.1) is 0 Å². The normalized spacial score (nSPS) is 18.4. The summed E-state index contributed by atoms with van der Waals surface area (Å²) in [6.45, 7) is 1.61. The molecule has 2 aromatic heterocycles. The molecule has 2 N–H and O–H groups in total. The van der Waals surface area contributed by atoms with Gasteiger partial charge in [0.05, 0.1) is 23.3 Å². The third kappa shape index (κ3) is 4.30. The Morgan fingerprint density at radius 3 is 2.74 bits per heavy atom. The van der Waals surface area contributed by atoms with Crippen LogP contribution in [0.15, 0.2) is 67.0 Å². The number of likely N-dealkylation sites (N-methyl/N-ethyl adjacent to an activating group) is 1. The number of aromatic nitrogens is 2. The van der Waals surface area contributed by atoms with Crippen LogP contribution in [0.1, 0.15) is 33.8 Å². The average Bonchev–Trinajstić information content (AvgIpc) is 3.37. The Morgan fingerprint density at radius 1 is 1.19 bits per heavy atom. The number of carboxylic acid groups (broad SMARTS) is 1. The number of hydrogen-bond acceptors (Lipinski definition) is 4. The van der Waals surface area contributed by atoms with Crippen molar-refractivity contribution in [2.45, 2.75) is 12.1 Å². The number of rotatable bonds is 7. The number of benzene rings is 1. The van der Waals surface area contributed by atoms with Gasteiger partial charge >= 0.3 is 5.97 Å². The van der Waals surface area contributed by atoms with E-state index < -0.39 is 5.97 Å². The maximum Gasteiger partial charge on any atom is 0.335 e. The number of pyridine rings is 1. The van der Waals surface area contributed by atoms with Crippen molar-refractivity contribution in [1.82, 2.24) is 24.7 Å². The molecule has 0 amide bonds. The molecule has 7 nitrogen and oxygen atoms in total. The van der Waals surface area contributed by atoms with Gasteiger partial charge in [0.25, 0.3) is 0 Å². The monoisotopic (exact) mass is 435 g/mol. The summed E-state index contributed by atoms with van der Waals surface area (Å²) in [6, 6.07) is 16.7. The van der Waals surface area contributed by atoms with Crippen LogP contribution in [0.25, 0.3) is 5.69 Å². The highest BCUT2D eigenvalue weighted by atomic mass is 32.1. The van der Waals surface area contributed by atoms with E-state index in [4.69, 9.17) is 12.2 Å². The predicted octanol–water partition coefficient (Wildman–Crippen LogP) is 3.10. The van der Waals surface area contributed by atoms with E-state index in [-0.39, 0.29) is 17.6 Å². The van der Waals surface area contributed by atoms with Crippen LogP contribution in [0.5, 0.6) is 0 Å². The molecule has 8 heteroatoms.